The highest BCUT2D eigenvalue weighted by Crippen LogP contribution is 2.27. The number of hydrogen-bond donors (Lipinski definition) is 1. The smallest absolute Gasteiger partial charge is 0.241 e. The standard InChI is InChI=1S/C12H20N2O3S/c1-5-8(2)18-7-9(15)11-12(17-4)14-10(16-3)6-13-11/h6,8-9,15H,5,7H2,1-4H3. The summed E-state index contributed by atoms with van der Waals surface area (Å²) in [5.41, 5.74) is 0.453. The first-order chi connectivity index (χ1) is 8.62. The normalized spacial score (nSPS) is 14.1. The minimum Gasteiger partial charge on any atom is -0.480 e. The molecule has 0 aliphatic heterocycles. The van der Waals surface area contributed by atoms with E-state index in [4.69, 9.17) is 9.47 Å². The maximum Gasteiger partial charge on any atom is 0.241 e. The first-order valence-electron chi connectivity index (χ1n) is 5.86. The second kappa shape index (κ2) is 7.43. The number of thioether (sulfide) groups is 1. The maximum atomic E-state index is 10.1. The Bertz CT molecular complexity index is 376. The van der Waals surface area contributed by atoms with Crippen molar-refractivity contribution in [1.29, 1.82) is 0 Å². The van der Waals surface area contributed by atoms with E-state index in [0.717, 1.165) is 6.42 Å². The molecule has 2 unspecified atom stereocenters. The van der Waals surface area contributed by atoms with E-state index in [2.05, 4.69) is 23.8 Å². The van der Waals surface area contributed by atoms with Crippen LogP contribution in [0.2, 0.25) is 0 Å². The largest absolute Gasteiger partial charge is 0.480 e. The Morgan fingerprint density at radius 3 is 2.67 bits per heavy atom. The Kier molecular flexibility index (Phi) is 6.21. The zero-order valence-corrected chi connectivity index (χ0v) is 12.0. The highest BCUT2D eigenvalue weighted by atomic mass is 32.2. The Balaban J connectivity index is 2.75. The first kappa shape index (κ1) is 15.0. The summed E-state index contributed by atoms with van der Waals surface area (Å²) in [6.07, 6.45) is 1.87. The average Bonchev–Trinajstić information content (AvgIpc) is 2.43. The van der Waals surface area contributed by atoms with Gasteiger partial charge in [-0.3, -0.25) is 0 Å². The molecule has 0 radical (unpaired) electrons. The van der Waals surface area contributed by atoms with Gasteiger partial charge in [0.25, 0.3) is 0 Å². The van der Waals surface area contributed by atoms with Gasteiger partial charge in [-0.15, -0.1) is 0 Å². The molecule has 1 aromatic rings. The molecule has 6 heteroatoms. The fourth-order valence-electron chi connectivity index (χ4n) is 1.30. The number of aromatic nitrogens is 2. The van der Waals surface area contributed by atoms with E-state index in [1.807, 2.05) is 0 Å². The van der Waals surface area contributed by atoms with Crippen molar-refractivity contribution in [3.05, 3.63) is 11.9 Å². The van der Waals surface area contributed by atoms with Crippen LogP contribution in [0.3, 0.4) is 0 Å². The number of hydrogen-bond acceptors (Lipinski definition) is 6. The predicted molar refractivity (Wildman–Crippen MR) is 72.3 cm³/mol. The molecule has 0 saturated carbocycles. The van der Waals surface area contributed by atoms with E-state index in [1.54, 1.807) is 11.8 Å². The van der Waals surface area contributed by atoms with Crippen molar-refractivity contribution in [2.45, 2.75) is 31.6 Å². The molecule has 0 bridgehead atoms. The fraction of sp³-hybridized carbons (Fsp3) is 0.667. The number of aliphatic hydroxyl groups excluding tert-OH is 1. The number of ether oxygens (including phenoxy) is 2. The van der Waals surface area contributed by atoms with Gasteiger partial charge < -0.3 is 14.6 Å². The van der Waals surface area contributed by atoms with Crippen LogP contribution in [0.15, 0.2) is 6.20 Å². The van der Waals surface area contributed by atoms with Crippen molar-refractivity contribution < 1.29 is 14.6 Å². The van der Waals surface area contributed by atoms with Crippen molar-refractivity contribution in [1.82, 2.24) is 9.97 Å². The summed E-state index contributed by atoms with van der Waals surface area (Å²) in [5.74, 6) is 1.26. The lowest BCUT2D eigenvalue weighted by Gasteiger charge is -2.15. The van der Waals surface area contributed by atoms with Gasteiger partial charge in [-0.1, -0.05) is 13.8 Å². The Labute approximate surface area is 112 Å². The molecular weight excluding hydrogens is 252 g/mol. The summed E-state index contributed by atoms with van der Waals surface area (Å²) in [4.78, 5) is 8.25. The second-order valence-electron chi connectivity index (χ2n) is 3.87. The van der Waals surface area contributed by atoms with E-state index in [0.29, 0.717) is 28.5 Å². The van der Waals surface area contributed by atoms with E-state index in [-0.39, 0.29) is 0 Å². The summed E-state index contributed by atoms with van der Waals surface area (Å²) in [5, 5.41) is 10.6. The van der Waals surface area contributed by atoms with Crippen LogP contribution in [0, 0.1) is 0 Å². The number of nitrogens with zero attached hydrogens (tertiary/aromatic N) is 2. The van der Waals surface area contributed by atoms with Crippen LogP contribution in [0.4, 0.5) is 0 Å². The number of methoxy groups -OCH3 is 2. The summed E-state index contributed by atoms with van der Waals surface area (Å²) in [7, 11) is 3.01. The second-order valence-corrected chi connectivity index (χ2v) is 5.35. The monoisotopic (exact) mass is 272 g/mol. The third-order valence-electron chi connectivity index (χ3n) is 2.58. The van der Waals surface area contributed by atoms with Gasteiger partial charge in [-0.2, -0.15) is 16.7 Å². The van der Waals surface area contributed by atoms with Crippen molar-refractivity contribution in [3.8, 4) is 11.8 Å². The van der Waals surface area contributed by atoms with E-state index < -0.39 is 6.10 Å². The third-order valence-corrected chi connectivity index (χ3v) is 3.99. The minimum atomic E-state index is -0.683. The molecule has 1 heterocycles. The van der Waals surface area contributed by atoms with Crippen LogP contribution in [0.5, 0.6) is 11.8 Å². The van der Waals surface area contributed by atoms with Gasteiger partial charge in [0.05, 0.1) is 20.4 Å². The van der Waals surface area contributed by atoms with Gasteiger partial charge in [-0.25, -0.2) is 4.98 Å². The van der Waals surface area contributed by atoms with E-state index in [9.17, 15) is 5.11 Å². The highest BCUT2D eigenvalue weighted by Gasteiger charge is 2.18. The molecule has 1 aromatic heterocycles. The van der Waals surface area contributed by atoms with Gasteiger partial charge in [0.15, 0.2) is 0 Å². The van der Waals surface area contributed by atoms with Gasteiger partial charge >= 0.3 is 0 Å². The van der Waals surface area contributed by atoms with Crippen LogP contribution in [-0.4, -0.2) is 40.3 Å². The molecule has 5 nitrogen and oxygen atoms in total. The molecule has 0 aliphatic carbocycles. The lowest BCUT2D eigenvalue weighted by atomic mass is 10.3. The average molecular weight is 272 g/mol. The van der Waals surface area contributed by atoms with Crippen LogP contribution in [0.1, 0.15) is 32.1 Å². The Hall–Kier alpha value is -1.01. The van der Waals surface area contributed by atoms with Gasteiger partial charge in [0, 0.05) is 11.0 Å². The molecule has 102 valence electrons. The van der Waals surface area contributed by atoms with Crippen molar-refractivity contribution in [2.24, 2.45) is 0 Å². The van der Waals surface area contributed by atoms with E-state index in [1.165, 1.54) is 20.4 Å². The molecule has 0 spiro atoms. The SMILES string of the molecule is CCC(C)SCC(O)c1ncc(OC)nc1OC. The lowest BCUT2D eigenvalue weighted by Crippen LogP contribution is -2.09. The zero-order chi connectivity index (χ0) is 13.5. The van der Waals surface area contributed by atoms with Gasteiger partial charge in [0.1, 0.15) is 11.8 Å². The highest BCUT2D eigenvalue weighted by molar-refractivity contribution is 7.99. The minimum absolute atomic E-state index is 0.312. The third kappa shape index (κ3) is 4.03. The summed E-state index contributed by atoms with van der Waals surface area (Å²) >= 11 is 1.70. The quantitative estimate of drug-likeness (QED) is 0.819. The van der Waals surface area contributed by atoms with Gasteiger partial charge in [0.2, 0.25) is 11.8 Å². The molecule has 0 aliphatic rings. The van der Waals surface area contributed by atoms with Crippen LogP contribution >= 0.6 is 11.8 Å². The fourth-order valence-corrected chi connectivity index (χ4v) is 2.20. The first-order valence-corrected chi connectivity index (χ1v) is 6.91. The Morgan fingerprint density at radius 2 is 2.11 bits per heavy atom. The van der Waals surface area contributed by atoms with Crippen molar-refractivity contribution in [2.75, 3.05) is 20.0 Å². The topological polar surface area (TPSA) is 64.5 Å². The molecule has 1 N–H and O–H groups in total. The summed E-state index contributed by atoms with van der Waals surface area (Å²) in [6.45, 7) is 4.26. The number of aliphatic hydroxyl groups is 1. The molecule has 0 amide bonds. The Morgan fingerprint density at radius 1 is 1.39 bits per heavy atom. The molecule has 1 rings (SSSR count). The summed E-state index contributed by atoms with van der Waals surface area (Å²) < 4.78 is 10.1. The molecule has 0 fully saturated rings. The molecule has 0 saturated heterocycles. The number of rotatable bonds is 7. The van der Waals surface area contributed by atoms with Crippen molar-refractivity contribution in [3.63, 3.8) is 0 Å². The molecule has 0 aromatic carbocycles. The van der Waals surface area contributed by atoms with E-state index >= 15 is 0 Å². The lowest BCUT2D eigenvalue weighted by molar-refractivity contribution is 0.191. The maximum absolute atomic E-state index is 10.1. The zero-order valence-electron chi connectivity index (χ0n) is 11.2. The van der Waals surface area contributed by atoms with Crippen LogP contribution < -0.4 is 9.47 Å². The van der Waals surface area contributed by atoms with Crippen LogP contribution in [0.25, 0.3) is 0 Å². The molecule has 18 heavy (non-hydrogen) atoms. The summed E-state index contributed by atoms with van der Waals surface area (Å²) in [6, 6.07) is 0. The molecule has 2 atom stereocenters. The predicted octanol–water partition coefficient (Wildman–Crippen LogP) is 2.06. The molecular formula is C12H20N2O3S. The van der Waals surface area contributed by atoms with Crippen LogP contribution in [-0.2, 0) is 0 Å². The van der Waals surface area contributed by atoms with Gasteiger partial charge in [-0.05, 0) is 6.42 Å². The van der Waals surface area contributed by atoms with Crippen molar-refractivity contribution >= 4 is 11.8 Å².